The van der Waals surface area contributed by atoms with Crippen molar-refractivity contribution in [2.45, 2.75) is 31.4 Å². The van der Waals surface area contributed by atoms with Crippen molar-refractivity contribution in [3.8, 4) is 0 Å². The predicted molar refractivity (Wildman–Crippen MR) is 80.1 cm³/mol. The number of aliphatic hydroxyl groups is 1. The van der Waals surface area contributed by atoms with Crippen molar-refractivity contribution in [2.75, 3.05) is 0 Å². The normalized spacial score (nSPS) is 13.3. The summed E-state index contributed by atoms with van der Waals surface area (Å²) in [5.41, 5.74) is 1.12. The topological polar surface area (TPSA) is 66.4 Å². The van der Waals surface area contributed by atoms with Gasteiger partial charge in [0.2, 0.25) is 10.0 Å². The molecule has 0 aliphatic carbocycles. The maximum Gasteiger partial charge on any atom is 0.242 e. The molecule has 0 saturated heterocycles. The van der Waals surface area contributed by atoms with E-state index < -0.39 is 21.9 Å². The number of halogens is 1. The monoisotopic (exact) mass is 329 g/mol. The van der Waals surface area contributed by atoms with Crippen molar-refractivity contribution in [2.24, 2.45) is 0 Å². The first-order valence-corrected chi connectivity index (χ1v) is 8.67. The molecule has 1 aromatic heterocycles. The van der Waals surface area contributed by atoms with E-state index in [-0.39, 0.29) is 11.5 Å². The molecule has 1 atom stereocenters. The molecule has 1 unspecified atom stereocenters. The van der Waals surface area contributed by atoms with Gasteiger partial charge < -0.3 is 5.11 Å². The number of benzene rings is 1. The highest BCUT2D eigenvalue weighted by Gasteiger charge is 2.25. The average Bonchev–Trinajstić information content (AvgIpc) is 2.80. The Morgan fingerprint density at radius 3 is 2.76 bits per heavy atom. The first kappa shape index (κ1) is 16.1. The third-order valence-electron chi connectivity index (χ3n) is 3.08. The predicted octanol–water partition coefficient (Wildman–Crippen LogP) is 2.73. The van der Waals surface area contributed by atoms with Crippen molar-refractivity contribution in [1.82, 2.24) is 4.72 Å². The van der Waals surface area contributed by atoms with Gasteiger partial charge >= 0.3 is 0 Å². The van der Waals surface area contributed by atoms with Gasteiger partial charge in [-0.3, -0.25) is 0 Å². The van der Waals surface area contributed by atoms with Crippen LogP contribution in [0.25, 0.3) is 0 Å². The Hall–Kier alpha value is -1.28. The van der Waals surface area contributed by atoms with Crippen LogP contribution >= 0.6 is 11.3 Å². The molecule has 0 fully saturated rings. The number of hydrogen-bond acceptors (Lipinski definition) is 4. The number of hydrogen-bond donors (Lipinski definition) is 2. The molecule has 0 aliphatic heterocycles. The van der Waals surface area contributed by atoms with E-state index in [9.17, 15) is 17.9 Å². The van der Waals surface area contributed by atoms with Crippen LogP contribution in [0.5, 0.6) is 0 Å². The summed E-state index contributed by atoms with van der Waals surface area (Å²) in [7, 11) is -3.77. The molecule has 2 aromatic rings. The Morgan fingerprint density at radius 2 is 2.14 bits per heavy atom. The van der Waals surface area contributed by atoms with Gasteiger partial charge in [-0.2, -0.15) is 0 Å². The SMILES string of the molecule is Cc1csc(CO)c1S(=O)(=O)NC(C)c1cccc(F)c1. The van der Waals surface area contributed by atoms with Crippen molar-refractivity contribution in [1.29, 1.82) is 0 Å². The van der Waals surface area contributed by atoms with E-state index in [1.165, 1.54) is 29.5 Å². The van der Waals surface area contributed by atoms with Gasteiger partial charge in [0.1, 0.15) is 10.7 Å². The van der Waals surface area contributed by atoms with Crippen LogP contribution in [0, 0.1) is 12.7 Å². The van der Waals surface area contributed by atoms with Gasteiger partial charge in [0.15, 0.2) is 0 Å². The maximum absolute atomic E-state index is 13.2. The van der Waals surface area contributed by atoms with Crippen molar-refractivity contribution in [3.63, 3.8) is 0 Å². The Morgan fingerprint density at radius 1 is 1.43 bits per heavy atom. The molecule has 0 amide bonds. The standard InChI is InChI=1S/C14H16FNO3S2/c1-9-8-20-13(7-17)14(9)21(18,19)16-10(2)11-4-3-5-12(15)6-11/h3-6,8,10,16-17H,7H2,1-2H3. The van der Waals surface area contributed by atoms with Crippen LogP contribution in [-0.4, -0.2) is 13.5 Å². The van der Waals surface area contributed by atoms with Gasteiger partial charge in [-0.05, 0) is 42.5 Å². The molecule has 1 heterocycles. The fourth-order valence-corrected chi connectivity index (χ4v) is 4.99. The molecular formula is C14H16FNO3S2. The number of thiophene rings is 1. The average molecular weight is 329 g/mol. The van der Waals surface area contributed by atoms with Gasteiger partial charge in [0.25, 0.3) is 0 Å². The lowest BCUT2D eigenvalue weighted by Gasteiger charge is -2.15. The van der Waals surface area contributed by atoms with Crippen LogP contribution in [0.3, 0.4) is 0 Å². The Balaban J connectivity index is 2.31. The molecule has 114 valence electrons. The molecule has 0 saturated carbocycles. The Labute approximate surface area is 127 Å². The van der Waals surface area contributed by atoms with Crippen LogP contribution in [0.4, 0.5) is 4.39 Å². The molecule has 2 N–H and O–H groups in total. The first-order valence-electron chi connectivity index (χ1n) is 6.30. The minimum Gasteiger partial charge on any atom is -0.391 e. The molecule has 0 radical (unpaired) electrons. The minimum atomic E-state index is -3.77. The van der Waals surface area contributed by atoms with E-state index in [4.69, 9.17) is 0 Å². The highest BCUT2D eigenvalue weighted by Crippen LogP contribution is 2.28. The van der Waals surface area contributed by atoms with E-state index in [0.29, 0.717) is 16.0 Å². The summed E-state index contributed by atoms with van der Waals surface area (Å²) in [4.78, 5) is 0.504. The van der Waals surface area contributed by atoms with E-state index in [1.807, 2.05) is 0 Å². The van der Waals surface area contributed by atoms with Crippen LogP contribution in [0.2, 0.25) is 0 Å². The van der Waals surface area contributed by atoms with Gasteiger partial charge in [0.05, 0.1) is 11.5 Å². The minimum absolute atomic E-state index is 0.109. The molecule has 0 bridgehead atoms. The molecule has 0 aliphatic rings. The highest BCUT2D eigenvalue weighted by molar-refractivity contribution is 7.89. The van der Waals surface area contributed by atoms with E-state index >= 15 is 0 Å². The fraction of sp³-hybridized carbons (Fsp3) is 0.286. The fourth-order valence-electron chi connectivity index (χ4n) is 2.09. The number of aliphatic hydroxyl groups excluding tert-OH is 1. The second-order valence-corrected chi connectivity index (χ2v) is 7.34. The molecule has 1 aromatic carbocycles. The first-order chi connectivity index (χ1) is 9.85. The Bertz CT molecular complexity index is 740. The smallest absolute Gasteiger partial charge is 0.242 e. The largest absolute Gasteiger partial charge is 0.391 e. The van der Waals surface area contributed by atoms with Gasteiger partial charge in [-0.15, -0.1) is 11.3 Å². The number of aryl methyl sites for hydroxylation is 1. The number of sulfonamides is 1. The summed E-state index contributed by atoms with van der Waals surface area (Å²) in [6, 6.07) is 5.21. The summed E-state index contributed by atoms with van der Waals surface area (Å²) < 4.78 is 40.6. The van der Waals surface area contributed by atoms with E-state index in [0.717, 1.165) is 0 Å². The summed E-state index contributed by atoms with van der Waals surface area (Å²) in [6.45, 7) is 2.99. The van der Waals surface area contributed by atoms with E-state index in [2.05, 4.69) is 4.72 Å². The third kappa shape index (κ3) is 3.49. The molecule has 4 nitrogen and oxygen atoms in total. The molecule has 2 rings (SSSR count). The molecular weight excluding hydrogens is 313 g/mol. The second-order valence-electron chi connectivity index (χ2n) is 4.73. The lowest BCUT2D eigenvalue weighted by atomic mass is 10.1. The highest BCUT2D eigenvalue weighted by atomic mass is 32.2. The molecule has 0 spiro atoms. The van der Waals surface area contributed by atoms with Gasteiger partial charge in [-0.25, -0.2) is 17.5 Å². The second kappa shape index (κ2) is 6.23. The lowest BCUT2D eigenvalue weighted by molar-refractivity contribution is 0.282. The number of nitrogens with one attached hydrogen (secondary N) is 1. The molecule has 7 heteroatoms. The van der Waals surface area contributed by atoms with Gasteiger partial charge in [-0.1, -0.05) is 12.1 Å². The van der Waals surface area contributed by atoms with Crippen molar-refractivity contribution >= 4 is 21.4 Å². The summed E-state index contributed by atoms with van der Waals surface area (Å²) in [5, 5.41) is 10.9. The zero-order valence-electron chi connectivity index (χ0n) is 11.6. The van der Waals surface area contributed by atoms with Crippen molar-refractivity contribution < 1.29 is 17.9 Å². The number of rotatable bonds is 5. The zero-order chi connectivity index (χ0) is 15.6. The van der Waals surface area contributed by atoms with Crippen molar-refractivity contribution in [3.05, 3.63) is 51.5 Å². The van der Waals surface area contributed by atoms with Crippen LogP contribution < -0.4 is 4.72 Å². The van der Waals surface area contributed by atoms with Crippen LogP contribution in [0.15, 0.2) is 34.5 Å². The van der Waals surface area contributed by atoms with Crippen LogP contribution in [-0.2, 0) is 16.6 Å². The summed E-state index contributed by atoms with van der Waals surface area (Å²) >= 11 is 1.20. The van der Waals surface area contributed by atoms with E-state index in [1.54, 1.807) is 25.3 Å². The third-order valence-corrected chi connectivity index (χ3v) is 6.07. The lowest BCUT2D eigenvalue weighted by Crippen LogP contribution is -2.27. The summed E-state index contributed by atoms with van der Waals surface area (Å²) in [6.07, 6.45) is 0. The maximum atomic E-state index is 13.2. The molecule has 21 heavy (non-hydrogen) atoms. The Kier molecular flexibility index (Phi) is 4.77. The summed E-state index contributed by atoms with van der Waals surface area (Å²) in [5.74, 6) is -0.415. The van der Waals surface area contributed by atoms with Crippen LogP contribution in [0.1, 0.15) is 29.0 Å². The van der Waals surface area contributed by atoms with Gasteiger partial charge in [0, 0.05) is 6.04 Å². The quantitative estimate of drug-likeness (QED) is 0.886. The zero-order valence-corrected chi connectivity index (χ0v) is 13.3.